The number of nitrogens with zero attached hydrogens (tertiary/aromatic N) is 4. The quantitative estimate of drug-likeness (QED) is 0.113. The van der Waals surface area contributed by atoms with Crippen LogP contribution < -0.4 is 9.30 Å². The largest absolute Gasteiger partial charge is 0.458 e. The van der Waals surface area contributed by atoms with Crippen LogP contribution in [0.4, 0.5) is 0 Å². The number of imidazole rings is 1. The van der Waals surface area contributed by atoms with Gasteiger partial charge in [0.25, 0.3) is 6.33 Å². The van der Waals surface area contributed by atoms with Gasteiger partial charge in [-0.1, -0.05) is 181 Å². The van der Waals surface area contributed by atoms with Crippen LogP contribution in [-0.4, -0.2) is 14.1 Å². The van der Waals surface area contributed by atoms with Gasteiger partial charge in [0.1, 0.15) is 17.3 Å². The summed E-state index contributed by atoms with van der Waals surface area (Å²) in [7, 11) is 0. The van der Waals surface area contributed by atoms with Gasteiger partial charge >= 0.3 is 0 Å². The van der Waals surface area contributed by atoms with E-state index >= 15 is 0 Å². The molecule has 0 fully saturated rings. The number of benzene rings is 8. The molecule has 0 saturated heterocycles. The molecule has 0 aliphatic rings. The van der Waals surface area contributed by atoms with Gasteiger partial charge in [-0.25, -0.2) is 4.98 Å². The van der Waals surface area contributed by atoms with Crippen LogP contribution in [0, 0.1) is 6.33 Å². The second-order valence-corrected chi connectivity index (χ2v) is 18.9. The molecule has 11 rings (SSSR count). The van der Waals surface area contributed by atoms with Crippen LogP contribution in [0.2, 0.25) is 0 Å². The van der Waals surface area contributed by atoms with E-state index in [4.69, 9.17) is 22.1 Å². The number of hydrogen-bond acceptors (Lipinski definition) is 2. The van der Waals surface area contributed by atoms with Gasteiger partial charge in [0.05, 0.1) is 45.8 Å². The standard InChI is InChI=1S/C62H52N4O/c1-61(2,3)46-30-27-42(28-31-46)45-29-34-55-54(37-45)53-33-32-50(40-58(53)66(55)59-38-47(35-36-63-59)62(4,5)6)67-49-22-15-21-48(39-49)64-41-65(57-26-14-13-25-56(57)64)60-51(43-17-9-7-10-18-43)23-16-24-52(60)44-19-11-8-12-20-44/h7-40H,1-6H3/i7D,8D,9D,10D,11D,12D,17D,18D,19D. The zero-order valence-corrected chi connectivity index (χ0v) is 38.1. The first kappa shape index (κ1) is 32.6. The van der Waals surface area contributed by atoms with Gasteiger partial charge in [-0.3, -0.25) is 13.7 Å². The van der Waals surface area contributed by atoms with E-state index in [2.05, 4.69) is 113 Å². The summed E-state index contributed by atoms with van der Waals surface area (Å²) >= 11 is 0. The number of rotatable bonds is 8. The normalized spacial score (nSPS) is 13.9. The minimum atomic E-state index is -0.538. The van der Waals surface area contributed by atoms with Crippen LogP contribution in [0.15, 0.2) is 206 Å². The van der Waals surface area contributed by atoms with Crippen molar-refractivity contribution < 1.29 is 21.6 Å². The molecule has 0 atom stereocenters. The molecule has 0 N–H and O–H groups in total. The van der Waals surface area contributed by atoms with Crippen LogP contribution in [0.1, 0.15) is 65.0 Å². The zero-order valence-electron chi connectivity index (χ0n) is 47.1. The fourth-order valence-electron chi connectivity index (χ4n) is 8.91. The highest BCUT2D eigenvalue weighted by Crippen LogP contribution is 2.39. The maximum Gasteiger partial charge on any atom is 0.269 e. The van der Waals surface area contributed by atoms with Crippen molar-refractivity contribution in [3.8, 4) is 62.1 Å². The van der Waals surface area contributed by atoms with Crippen LogP contribution in [0.3, 0.4) is 0 Å². The number of fused-ring (bicyclic) bond motifs is 4. The van der Waals surface area contributed by atoms with Crippen molar-refractivity contribution in [1.29, 1.82) is 0 Å². The summed E-state index contributed by atoms with van der Waals surface area (Å²) in [5.41, 5.74) is 9.45. The molecule has 0 unspecified atom stereocenters. The van der Waals surface area contributed by atoms with Crippen molar-refractivity contribution in [2.75, 3.05) is 0 Å². The minimum absolute atomic E-state index is 0.0400. The number of aromatic nitrogens is 4. The third-order valence-electron chi connectivity index (χ3n) is 12.4. The molecule has 326 valence electrons. The van der Waals surface area contributed by atoms with Crippen LogP contribution in [-0.2, 0) is 10.8 Å². The Bertz CT molecular complexity index is 4140. The summed E-state index contributed by atoms with van der Waals surface area (Å²) in [6.07, 6.45) is 5.37. The van der Waals surface area contributed by atoms with Gasteiger partial charge in [-0.15, -0.1) is 0 Å². The first-order valence-electron chi connectivity index (χ1n) is 26.9. The molecule has 3 aromatic heterocycles. The first-order chi connectivity index (χ1) is 36.2. The number of pyridine rings is 1. The van der Waals surface area contributed by atoms with Crippen molar-refractivity contribution in [3.63, 3.8) is 0 Å². The monoisotopic (exact) mass is 877 g/mol. The molecule has 0 aliphatic heterocycles. The molecule has 5 nitrogen and oxygen atoms in total. The molecule has 5 heteroatoms. The lowest BCUT2D eigenvalue weighted by Gasteiger charge is -2.20. The number of para-hydroxylation sites is 3. The third kappa shape index (κ3) is 7.76. The lowest BCUT2D eigenvalue weighted by Crippen LogP contribution is -2.31. The van der Waals surface area contributed by atoms with Crippen molar-refractivity contribution >= 4 is 32.8 Å². The lowest BCUT2D eigenvalue weighted by atomic mass is 9.86. The van der Waals surface area contributed by atoms with Crippen LogP contribution >= 0.6 is 0 Å². The maximum absolute atomic E-state index is 9.05. The SMILES string of the molecule is [2H]c1cc(-c2cccc(-c3c([2H])c([2H])c([2H])c([2H])c3[2H])c2-[n+]2[c-]n(-c3cccc(Oc4ccc5c6cc(-c7ccc(C(C)(C)C)cc7)ccc6n(-c6cc(C(C)(C)C)ccn6)c5c4)c3)c3ccccc32)c([2H])c([2H])c1[2H]. The average molecular weight is 878 g/mol. The Kier molecular flexibility index (Phi) is 8.00. The zero-order chi connectivity index (χ0) is 53.7. The topological polar surface area (TPSA) is 35.9 Å². The summed E-state index contributed by atoms with van der Waals surface area (Å²) in [6.45, 7) is 13.2. The van der Waals surface area contributed by atoms with E-state index in [9.17, 15) is 0 Å². The van der Waals surface area contributed by atoms with E-state index in [-0.39, 0.29) is 39.6 Å². The predicted molar refractivity (Wildman–Crippen MR) is 276 cm³/mol. The van der Waals surface area contributed by atoms with Crippen molar-refractivity contribution in [1.82, 2.24) is 14.1 Å². The Morgan fingerprint density at radius 2 is 1.22 bits per heavy atom. The summed E-state index contributed by atoms with van der Waals surface area (Å²) in [5, 5.41) is 2.12. The molecular weight excluding hydrogens is 817 g/mol. The molecule has 3 heterocycles. The number of hydrogen-bond donors (Lipinski definition) is 0. The van der Waals surface area contributed by atoms with Gasteiger partial charge in [0, 0.05) is 23.0 Å². The van der Waals surface area contributed by atoms with E-state index < -0.39 is 42.3 Å². The van der Waals surface area contributed by atoms with Crippen molar-refractivity contribution in [3.05, 3.63) is 224 Å². The highest BCUT2D eigenvalue weighted by Gasteiger charge is 2.22. The Labute approximate surface area is 405 Å². The van der Waals surface area contributed by atoms with Gasteiger partial charge in [-0.2, -0.15) is 0 Å². The fourth-order valence-corrected chi connectivity index (χ4v) is 8.91. The van der Waals surface area contributed by atoms with E-state index in [1.807, 2.05) is 71.4 Å². The minimum Gasteiger partial charge on any atom is -0.458 e. The summed E-state index contributed by atoms with van der Waals surface area (Å²) in [4.78, 5) is 4.93. The number of ether oxygens (including phenoxy) is 1. The van der Waals surface area contributed by atoms with Gasteiger partial charge in [0.15, 0.2) is 0 Å². The molecule has 0 saturated carbocycles. The lowest BCUT2D eigenvalue weighted by molar-refractivity contribution is -0.571. The maximum atomic E-state index is 9.05. The Balaban J connectivity index is 1.05. The Hall–Kier alpha value is -8.02. The van der Waals surface area contributed by atoms with Crippen LogP contribution in [0.25, 0.3) is 83.4 Å². The first-order valence-corrected chi connectivity index (χ1v) is 22.4. The fraction of sp³-hybridized carbons (Fsp3) is 0.129. The smallest absolute Gasteiger partial charge is 0.269 e. The molecule has 67 heavy (non-hydrogen) atoms. The molecule has 11 aromatic rings. The molecule has 0 amide bonds. The van der Waals surface area contributed by atoms with E-state index in [0.717, 1.165) is 44.3 Å². The van der Waals surface area contributed by atoms with Crippen molar-refractivity contribution in [2.24, 2.45) is 0 Å². The predicted octanol–water partition coefficient (Wildman–Crippen LogP) is 15.6. The second kappa shape index (κ2) is 16.4. The highest BCUT2D eigenvalue weighted by atomic mass is 16.5. The Morgan fingerprint density at radius 3 is 2.01 bits per heavy atom. The molecule has 0 spiro atoms. The molecule has 8 aromatic carbocycles. The molecular formula is C62H52N4O. The molecule has 0 radical (unpaired) electrons. The highest BCUT2D eigenvalue weighted by molar-refractivity contribution is 6.10. The van der Waals surface area contributed by atoms with Crippen molar-refractivity contribution in [2.45, 2.75) is 52.4 Å². The second-order valence-electron chi connectivity index (χ2n) is 18.9. The molecule has 0 bridgehead atoms. The van der Waals surface area contributed by atoms with Crippen LogP contribution in [0.5, 0.6) is 11.5 Å². The summed E-state index contributed by atoms with van der Waals surface area (Å²) in [5.74, 6) is 1.92. The van der Waals surface area contributed by atoms with Gasteiger partial charge in [-0.05, 0) is 110 Å². The van der Waals surface area contributed by atoms with E-state index in [0.29, 0.717) is 39.5 Å². The summed E-state index contributed by atoms with van der Waals surface area (Å²) < 4.78 is 90.7. The average Bonchev–Trinajstić information content (AvgIpc) is 4.04. The molecule has 0 aliphatic carbocycles. The van der Waals surface area contributed by atoms with Gasteiger partial charge in [0.2, 0.25) is 0 Å². The van der Waals surface area contributed by atoms with E-state index in [1.54, 1.807) is 22.8 Å². The van der Waals surface area contributed by atoms with Gasteiger partial charge < -0.3 is 4.74 Å². The summed E-state index contributed by atoms with van der Waals surface area (Å²) in [6, 6.07) is 43.4. The van der Waals surface area contributed by atoms with E-state index in [1.165, 1.54) is 11.6 Å². The third-order valence-corrected chi connectivity index (χ3v) is 12.4. The Morgan fingerprint density at radius 1 is 0.522 bits per heavy atom.